The first-order valence-electron chi connectivity index (χ1n) is 5.91. The van der Waals surface area contributed by atoms with Crippen molar-refractivity contribution in [2.24, 2.45) is 0 Å². The van der Waals surface area contributed by atoms with Gasteiger partial charge in [0.25, 0.3) is 0 Å². The van der Waals surface area contributed by atoms with Crippen molar-refractivity contribution in [2.75, 3.05) is 19.6 Å². The summed E-state index contributed by atoms with van der Waals surface area (Å²) in [5.74, 6) is 0. The van der Waals surface area contributed by atoms with Crippen molar-refractivity contribution in [3.63, 3.8) is 0 Å². The molecule has 2 rings (SSSR count). The normalized spacial score (nSPS) is 29.8. The van der Waals surface area contributed by atoms with Crippen molar-refractivity contribution in [1.29, 1.82) is 0 Å². The molecule has 0 aromatic heterocycles. The van der Waals surface area contributed by atoms with Crippen LogP contribution in [-0.4, -0.2) is 47.8 Å². The Morgan fingerprint density at radius 2 is 2.21 bits per heavy atom. The third kappa shape index (κ3) is 2.94. The van der Waals surface area contributed by atoms with Crippen LogP contribution in [0.1, 0.15) is 32.6 Å². The molecule has 0 amide bonds. The number of hydrogen-bond donors (Lipinski definition) is 2. The molecule has 1 saturated heterocycles. The topological polar surface area (TPSA) is 35.5 Å². The maximum Gasteiger partial charge on any atom is 0.0639 e. The van der Waals surface area contributed by atoms with Gasteiger partial charge in [-0.3, -0.25) is 4.90 Å². The van der Waals surface area contributed by atoms with Crippen molar-refractivity contribution >= 4 is 0 Å². The van der Waals surface area contributed by atoms with Crippen molar-refractivity contribution in [3.8, 4) is 0 Å². The van der Waals surface area contributed by atoms with Gasteiger partial charge in [-0.2, -0.15) is 0 Å². The molecule has 3 nitrogen and oxygen atoms in total. The molecule has 1 heterocycles. The molecule has 2 aliphatic rings. The van der Waals surface area contributed by atoms with Crippen molar-refractivity contribution in [1.82, 2.24) is 10.2 Å². The smallest absolute Gasteiger partial charge is 0.0639 e. The van der Waals surface area contributed by atoms with Gasteiger partial charge in [-0.1, -0.05) is 0 Å². The molecule has 0 radical (unpaired) electrons. The Kier molecular flexibility index (Phi) is 3.42. The van der Waals surface area contributed by atoms with Crippen LogP contribution < -0.4 is 5.32 Å². The van der Waals surface area contributed by atoms with Crippen LogP contribution in [0.3, 0.4) is 0 Å². The fourth-order valence-electron chi connectivity index (χ4n) is 2.35. The summed E-state index contributed by atoms with van der Waals surface area (Å²) in [7, 11) is 0. The van der Waals surface area contributed by atoms with E-state index in [0.717, 1.165) is 19.1 Å². The minimum absolute atomic E-state index is 0.183. The summed E-state index contributed by atoms with van der Waals surface area (Å²) in [6.45, 7) is 5.05. The van der Waals surface area contributed by atoms with Crippen molar-refractivity contribution in [2.45, 2.75) is 50.8 Å². The van der Waals surface area contributed by atoms with E-state index in [0.29, 0.717) is 6.04 Å². The van der Waals surface area contributed by atoms with Crippen LogP contribution in [0.5, 0.6) is 0 Å². The average Bonchev–Trinajstić information content (AvgIpc) is 2.85. The number of nitrogens with zero attached hydrogens (tertiary/aromatic N) is 1. The highest BCUT2D eigenvalue weighted by Gasteiger charge is 2.31. The van der Waals surface area contributed by atoms with E-state index >= 15 is 0 Å². The van der Waals surface area contributed by atoms with E-state index in [2.05, 4.69) is 10.2 Å². The van der Waals surface area contributed by atoms with Crippen LogP contribution in [0.4, 0.5) is 0 Å². The minimum Gasteiger partial charge on any atom is -0.392 e. The molecule has 2 N–H and O–H groups in total. The first-order valence-corrected chi connectivity index (χ1v) is 5.91. The van der Waals surface area contributed by atoms with Crippen LogP contribution in [0.15, 0.2) is 0 Å². The molecule has 0 aromatic rings. The Hall–Kier alpha value is -0.120. The first kappa shape index (κ1) is 10.4. The Labute approximate surface area is 86.5 Å². The van der Waals surface area contributed by atoms with E-state index < -0.39 is 0 Å². The van der Waals surface area contributed by atoms with Crippen molar-refractivity contribution < 1.29 is 5.11 Å². The highest BCUT2D eigenvalue weighted by molar-refractivity contribution is 4.88. The van der Waals surface area contributed by atoms with Gasteiger partial charge in [0.1, 0.15) is 0 Å². The molecule has 82 valence electrons. The summed E-state index contributed by atoms with van der Waals surface area (Å²) in [6, 6.07) is 1.45. The minimum atomic E-state index is -0.183. The van der Waals surface area contributed by atoms with E-state index in [1.807, 2.05) is 6.92 Å². The highest BCUT2D eigenvalue weighted by Crippen LogP contribution is 2.27. The standard InChI is InChI=1S/C11H22N2O/c1-9(14)7-13(11-4-5-11)8-10-3-2-6-12-10/h9-12,14H,2-8H2,1H3. The first-order chi connectivity index (χ1) is 6.75. The lowest BCUT2D eigenvalue weighted by molar-refractivity contribution is 0.116. The summed E-state index contributed by atoms with van der Waals surface area (Å²) in [4.78, 5) is 2.47. The fourth-order valence-corrected chi connectivity index (χ4v) is 2.35. The van der Waals surface area contributed by atoms with E-state index in [1.165, 1.54) is 32.2 Å². The highest BCUT2D eigenvalue weighted by atomic mass is 16.3. The zero-order valence-corrected chi connectivity index (χ0v) is 9.08. The number of aliphatic hydroxyl groups is 1. The lowest BCUT2D eigenvalue weighted by atomic mass is 10.2. The second-order valence-electron chi connectivity index (χ2n) is 4.83. The summed E-state index contributed by atoms with van der Waals surface area (Å²) >= 11 is 0. The van der Waals surface area contributed by atoms with Gasteiger partial charge in [-0.25, -0.2) is 0 Å². The second-order valence-corrected chi connectivity index (χ2v) is 4.83. The van der Waals surface area contributed by atoms with Crippen LogP contribution in [0.2, 0.25) is 0 Å². The van der Waals surface area contributed by atoms with Gasteiger partial charge in [0, 0.05) is 25.2 Å². The zero-order chi connectivity index (χ0) is 9.97. The molecule has 2 fully saturated rings. The third-order valence-corrected chi connectivity index (χ3v) is 3.18. The molecule has 0 bridgehead atoms. The third-order valence-electron chi connectivity index (χ3n) is 3.18. The molecule has 14 heavy (non-hydrogen) atoms. The maximum absolute atomic E-state index is 9.41. The molecular weight excluding hydrogens is 176 g/mol. The number of hydrogen-bond acceptors (Lipinski definition) is 3. The monoisotopic (exact) mass is 198 g/mol. The van der Waals surface area contributed by atoms with Gasteiger partial charge in [-0.05, 0) is 39.2 Å². The predicted octanol–water partition coefficient (Wildman–Crippen LogP) is 0.584. The number of nitrogens with one attached hydrogen (secondary N) is 1. The maximum atomic E-state index is 9.41. The Morgan fingerprint density at radius 1 is 1.43 bits per heavy atom. The van der Waals surface area contributed by atoms with Gasteiger partial charge in [0.2, 0.25) is 0 Å². The van der Waals surface area contributed by atoms with Gasteiger partial charge >= 0.3 is 0 Å². The largest absolute Gasteiger partial charge is 0.392 e. The average molecular weight is 198 g/mol. The summed E-state index contributed by atoms with van der Waals surface area (Å²) in [5.41, 5.74) is 0. The van der Waals surface area contributed by atoms with Crippen LogP contribution >= 0.6 is 0 Å². The summed E-state index contributed by atoms with van der Waals surface area (Å²) in [6.07, 6.45) is 5.11. The zero-order valence-electron chi connectivity index (χ0n) is 9.08. The molecule has 3 heteroatoms. The molecule has 1 saturated carbocycles. The quantitative estimate of drug-likeness (QED) is 0.678. The molecule has 0 spiro atoms. The fraction of sp³-hybridized carbons (Fsp3) is 1.00. The Morgan fingerprint density at radius 3 is 2.71 bits per heavy atom. The van der Waals surface area contributed by atoms with Gasteiger partial charge in [0.15, 0.2) is 0 Å². The van der Waals surface area contributed by atoms with Gasteiger partial charge < -0.3 is 10.4 Å². The lowest BCUT2D eigenvalue weighted by Crippen LogP contribution is -2.41. The molecule has 2 unspecified atom stereocenters. The van der Waals surface area contributed by atoms with E-state index in [-0.39, 0.29) is 6.10 Å². The lowest BCUT2D eigenvalue weighted by Gasteiger charge is -2.26. The van der Waals surface area contributed by atoms with Crippen LogP contribution in [0.25, 0.3) is 0 Å². The Bertz CT molecular complexity index is 174. The number of aliphatic hydroxyl groups excluding tert-OH is 1. The second kappa shape index (κ2) is 4.60. The van der Waals surface area contributed by atoms with Crippen LogP contribution in [-0.2, 0) is 0 Å². The molecular formula is C11H22N2O. The summed E-state index contributed by atoms with van der Waals surface area (Å²) in [5, 5.41) is 12.9. The SMILES string of the molecule is CC(O)CN(CC1CCCN1)C1CC1. The van der Waals surface area contributed by atoms with Crippen molar-refractivity contribution in [3.05, 3.63) is 0 Å². The van der Waals surface area contributed by atoms with E-state index in [4.69, 9.17) is 0 Å². The molecule has 0 aromatic carbocycles. The van der Waals surface area contributed by atoms with Gasteiger partial charge in [-0.15, -0.1) is 0 Å². The number of rotatable bonds is 5. The predicted molar refractivity (Wildman–Crippen MR) is 57.3 cm³/mol. The Balaban J connectivity index is 1.77. The van der Waals surface area contributed by atoms with Crippen LogP contribution in [0, 0.1) is 0 Å². The van der Waals surface area contributed by atoms with Gasteiger partial charge in [0.05, 0.1) is 6.10 Å². The molecule has 1 aliphatic heterocycles. The van der Waals surface area contributed by atoms with E-state index in [9.17, 15) is 5.11 Å². The molecule has 1 aliphatic carbocycles. The van der Waals surface area contributed by atoms with E-state index in [1.54, 1.807) is 0 Å². The summed E-state index contributed by atoms with van der Waals surface area (Å²) < 4.78 is 0. The molecule has 2 atom stereocenters.